The summed E-state index contributed by atoms with van der Waals surface area (Å²) in [4.78, 5) is 6.66. The first-order chi connectivity index (χ1) is 16.8. The maximum atomic E-state index is 14.9. The highest BCUT2D eigenvalue weighted by atomic mass is 32.2. The molecule has 1 aliphatic rings. The molecule has 0 atom stereocenters. The predicted molar refractivity (Wildman–Crippen MR) is 139 cm³/mol. The van der Waals surface area contributed by atoms with Gasteiger partial charge in [0.2, 0.25) is 10.0 Å². The molecule has 0 saturated carbocycles. The van der Waals surface area contributed by atoms with Crippen LogP contribution in [0.15, 0.2) is 48.7 Å². The summed E-state index contributed by atoms with van der Waals surface area (Å²) in [6, 6.07) is 12.8. The van der Waals surface area contributed by atoms with Crippen LogP contribution < -0.4 is 25.4 Å². The first-order valence-electron chi connectivity index (χ1n) is 11.5. The normalized spacial score (nSPS) is 14.1. The van der Waals surface area contributed by atoms with Gasteiger partial charge in [-0.1, -0.05) is 19.1 Å². The van der Waals surface area contributed by atoms with Crippen molar-refractivity contribution in [2.75, 3.05) is 54.4 Å². The second kappa shape index (κ2) is 10.5. The molecule has 3 aromatic rings. The molecule has 0 aliphatic carbocycles. The number of methoxy groups -OCH3 is 1. The molecule has 8 nitrogen and oxygen atoms in total. The van der Waals surface area contributed by atoms with Gasteiger partial charge in [-0.25, -0.2) is 17.8 Å². The Morgan fingerprint density at radius 3 is 2.63 bits per heavy atom. The highest BCUT2D eigenvalue weighted by molar-refractivity contribution is 7.92. The molecule has 0 radical (unpaired) electrons. The van der Waals surface area contributed by atoms with Gasteiger partial charge in [0.1, 0.15) is 5.82 Å². The number of nitrogens with two attached hydrogens (primary N) is 1. The number of hydrogen-bond acceptors (Lipinski definition) is 7. The fourth-order valence-corrected chi connectivity index (χ4v) is 5.32. The van der Waals surface area contributed by atoms with E-state index in [9.17, 15) is 12.8 Å². The van der Waals surface area contributed by atoms with Crippen molar-refractivity contribution in [1.29, 1.82) is 0 Å². The molecule has 0 bridgehead atoms. The Labute approximate surface area is 205 Å². The predicted octanol–water partition coefficient (Wildman–Crippen LogP) is 3.71. The molecule has 4 rings (SSSR count). The molecule has 1 aromatic heterocycles. The average Bonchev–Trinajstić information content (AvgIpc) is 2.84. The highest BCUT2D eigenvalue weighted by Crippen LogP contribution is 2.37. The van der Waals surface area contributed by atoms with Crippen LogP contribution in [0.4, 0.5) is 21.6 Å². The minimum Gasteiger partial charge on any atom is -0.492 e. The van der Waals surface area contributed by atoms with E-state index in [0.29, 0.717) is 17.5 Å². The lowest BCUT2D eigenvalue weighted by atomic mass is 9.99. The molecule has 2 heterocycles. The molecular weight excluding hydrogens is 469 g/mol. The molecule has 2 aromatic carbocycles. The number of aromatic nitrogens is 1. The summed E-state index contributed by atoms with van der Waals surface area (Å²) < 4.78 is 47.2. The molecule has 10 heteroatoms. The summed E-state index contributed by atoms with van der Waals surface area (Å²) in [6.45, 7) is 5.48. The van der Waals surface area contributed by atoms with Crippen molar-refractivity contribution in [2.24, 2.45) is 0 Å². The van der Waals surface area contributed by atoms with Gasteiger partial charge in [0.15, 0.2) is 11.6 Å². The van der Waals surface area contributed by atoms with Gasteiger partial charge in [-0.15, -0.1) is 0 Å². The number of nitrogens with one attached hydrogen (secondary N) is 2. The minimum absolute atomic E-state index is 0.0152. The van der Waals surface area contributed by atoms with Crippen LogP contribution in [0.3, 0.4) is 0 Å². The highest BCUT2D eigenvalue weighted by Gasteiger charge is 2.19. The quantitative estimate of drug-likeness (QED) is 0.433. The number of halogens is 1. The Balaban J connectivity index is 1.74. The Morgan fingerprint density at radius 1 is 1.14 bits per heavy atom. The van der Waals surface area contributed by atoms with Crippen LogP contribution in [0.1, 0.15) is 13.3 Å². The largest absolute Gasteiger partial charge is 0.492 e. The van der Waals surface area contributed by atoms with Gasteiger partial charge in [-0.2, -0.15) is 0 Å². The van der Waals surface area contributed by atoms with E-state index in [2.05, 4.69) is 32.1 Å². The zero-order valence-electron chi connectivity index (χ0n) is 19.8. The molecule has 0 spiro atoms. The van der Waals surface area contributed by atoms with Crippen LogP contribution >= 0.6 is 0 Å². The first kappa shape index (κ1) is 24.7. The minimum atomic E-state index is -3.66. The number of nitrogen functional groups attached to an aromatic ring is 1. The van der Waals surface area contributed by atoms with Gasteiger partial charge in [-0.05, 0) is 47.9 Å². The summed E-state index contributed by atoms with van der Waals surface area (Å²) in [5, 5.41) is 3.35. The first-order valence-corrected chi connectivity index (χ1v) is 13.2. The molecule has 4 N–H and O–H groups in total. The van der Waals surface area contributed by atoms with Gasteiger partial charge >= 0.3 is 0 Å². The molecular formula is C25H30FN5O3S. The zero-order chi connectivity index (χ0) is 25.0. The van der Waals surface area contributed by atoms with Crippen LogP contribution in [0.25, 0.3) is 22.3 Å². The topological polar surface area (TPSA) is 110 Å². The van der Waals surface area contributed by atoms with Gasteiger partial charge < -0.3 is 20.7 Å². The average molecular weight is 500 g/mol. The van der Waals surface area contributed by atoms with E-state index in [1.807, 2.05) is 18.2 Å². The molecule has 1 aliphatic heterocycles. The van der Waals surface area contributed by atoms with E-state index in [0.717, 1.165) is 43.0 Å². The van der Waals surface area contributed by atoms with E-state index in [-0.39, 0.29) is 23.0 Å². The van der Waals surface area contributed by atoms with Crippen molar-refractivity contribution in [3.05, 3.63) is 54.5 Å². The van der Waals surface area contributed by atoms with Crippen LogP contribution in [0.2, 0.25) is 0 Å². The number of hydrogen-bond donors (Lipinski definition) is 3. The standard InChI is InChI=1S/C25H30FN5O3S/c1-3-11-35(32,33)30-23-15-18(14-22(26)24(23)34-2)21-13-19(16-29-25(21)27)17-5-4-6-20(12-17)31-9-7-28-8-10-31/h4-6,12-16,28,30H,3,7-11H2,1-2H3,(H2,27,29). The van der Waals surface area contributed by atoms with Crippen molar-refractivity contribution in [3.63, 3.8) is 0 Å². The number of pyridine rings is 1. The van der Waals surface area contributed by atoms with Crippen molar-refractivity contribution < 1.29 is 17.5 Å². The lowest BCUT2D eigenvalue weighted by Gasteiger charge is -2.29. The van der Waals surface area contributed by atoms with E-state index < -0.39 is 15.8 Å². The number of nitrogens with zero attached hydrogens (tertiary/aromatic N) is 2. The maximum absolute atomic E-state index is 14.9. The van der Waals surface area contributed by atoms with Crippen LogP contribution in [0, 0.1) is 5.82 Å². The fraction of sp³-hybridized carbons (Fsp3) is 0.320. The maximum Gasteiger partial charge on any atom is 0.232 e. The fourth-order valence-electron chi connectivity index (χ4n) is 4.19. The van der Waals surface area contributed by atoms with Crippen LogP contribution in [-0.2, 0) is 10.0 Å². The molecule has 0 amide bonds. The van der Waals surface area contributed by atoms with Crippen molar-refractivity contribution >= 4 is 27.2 Å². The molecule has 0 unspecified atom stereocenters. The van der Waals surface area contributed by atoms with E-state index >= 15 is 0 Å². The summed E-state index contributed by atoms with van der Waals surface area (Å²) >= 11 is 0. The number of ether oxygens (including phenoxy) is 1. The van der Waals surface area contributed by atoms with Crippen molar-refractivity contribution in [1.82, 2.24) is 10.3 Å². The van der Waals surface area contributed by atoms with E-state index in [1.54, 1.807) is 13.1 Å². The van der Waals surface area contributed by atoms with Crippen LogP contribution in [-0.4, -0.2) is 52.4 Å². The summed E-state index contributed by atoms with van der Waals surface area (Å²) in [5.74, 6) is -0.770. The number of benzene rings is 2. The van der Waals surface area contributed by atoms with Crippen LogP contribution in [0.5, 0.6) is 5.75 Å². The molecule has 186 valence electrons. The molecule has 1 saturated heterocycles. The Kier molecular flexibility index (Phi) is 7.42. The summed E-state index contributed by atoms with van der Waals surface area (Å²) in [6.07, 6.45) is 2.10. The zero-order valence-corrected chi connectivity index (χ0v) is 20.7. The third-order valence-corrected chi connectivity index (χ3v) is 7.35. The van der Waals surface area contributed by atoms with Crippen molar-refractivity contribution in [2.45, 2.75) is 13.3 Å². The number of rotatable bonds is 8. The third-order valence-electron chi connectivity index (χ3n) is 5.88. The monoisotopic (exact) mass is 499 g/mol. The van der Waals surface area contributed by atoms with Gasteiger partial charge in [-0.3, -0.25) is 4.72 Å². The lowest BCUT2D eigenvalue weighted by Crippen LogP contribution is -2.43. The van der Waals surface area contributed by atoms with Gasteiger partial charge in [0.05, 0.1) is 18.6 Å². The van der Waals surface area contributed by atoms with E-state index in [4.69, 9.17) is 10.5 Å². The second-order valence-corrected chi connectivity index (χ2v) is 10.2. The molecule has 35 heavy (non-hydrogen) atoms. The summed E-state index contributed by atoms with van der Waals surface area (Å²) in [5.41, 5.74) is 9.96. The second-order valence-electron chi connectivity index (χ2n) is 8.40. The lowest BCUT2D eigenvalue weighted by molar-refractivity contribution is 0.389. The smallest absolute Gasteiger partial charge is 0.232 e. The number of piperazine rings is 1. The Bertz CT molecular complexity index is 1310. The third kappa shape index (κ3) is 5.66. The van der Waals surface area contributed by atoms with Crippen molar-refractivity contribution in [3.8, 4) is 28.0 Å². The Hall–Kier alpha value is -3.37. The number of sulfonamides is 1. The SMILES string of the molecule is CCCS(=O)(=O)Nc1cc(-c2cc(-c3cccc(N4CCNCC4)c3)cnc2N)cc(F)c1OC. The molecule has 1 fully saturated rings. The van der Waals surface area contributed by atoms with Gasteiger partial charge in [0.25, 0.3) is 0 Å². The van der Waals surface area contributed by atoms with Gasteiger partial charge in [0, 0.05) is 49.2 Å². The number of anilines is 3. The van der Waals surface area contributed by atoms with E-state index in [1.165, 1.54) is 19.2 Å². The summed E-state index contributed by atoms with van der Waals surface area (Å²) in [7, 11) is -2.37. The Morgan fingerprint density at radius 2 is 1.91 bits per heavy atom.